The molecule has 0 aliphatic carbocycles. The van der Waals surface area contributed by atoms with E-state index in [1.54, 1.807) is 4.90 Å². The summed E-state index contributed by atoms with van der Waals surface area (Å²) in [6.07, 6.45) is 1.73. The molecule has 1 amide bonds. The Balaban J connectivity index is 2.06. The summed E-state index contributed by atoms with van der Waals surface area (Å²) in [6, 6.07) is 1.94. The summed E-state index contributed by atoms with van der Waals surface area (Å²) in [7, 11) is 0. The molecule has 0 bridgehead atoms. The Labute approximate surface area is 117 Å². The molecule has 0 aromatic carbocycles. The SMILES string of the molecule is CCC1(C(=O)O)CCN(C(=O)c2sccc2C)CC1. The zero-order valence-electron chi connectivity index (χ0n) is 11.3. The van der Waals surface area contributed by atoms with Crippen molar-refractivity contribution in [2.75, 3.05) is 13.1 Å². The molecule has 104 valence electrons. The van der Waals surface area contributed by atoms with Crippen molar-refractivity contribution in [3.63, 3.8) is 0 Å². The molecule has 4 nitrogen and oxygen atoms in total. The van der Waals surface area contributed by atoms with Crippen LogP contribution in [0.1, 0.15) is 41.4 Å². The number of rotatable bonds is 3. The lowest BCUT2D eigenvalue weighted by molar-refractivity contribution is -0.152. The van der Waals surface area contributed by atoms with Gasteiger partial charge in [-0.25, -0.2) is 0 Å². The molecule has 2 rings (SSSR count). The third-order valence-corrected chi connectivity index (χ3v) is 5.20. The Kier molecular flexibility index (Phi) is 3.94. The first kappa shape index (κ1) is 14.1. The first-order valence-electron chi connectivity index (χ1n) is 6.57. The van der Waals surface area contributed by atoms with Gasteiger partial charge in [0, 0.05) is 13.1 Å². The Bertz CT molecular complexity index is 487. The van der Waals surface area contributed by atoms with Crippen LogP contribution in [0.25, 0.3) is 0 Å². The zero-order valence-corrected chi connectivity index (χ0v) is 12.1. The molecule has 1 aliphatic heterocycles. The average Bonchev–Trinajstić information content (AvgIpc) is 2.84. The number of thiophene rings is 1. The quantitative estimate of drug-likeness (QED) is 0.926. The van der Waals surface area contributed by atoms with E-state index in [0.29, 0.717) is 32.4 Å². The standard InChI is InChI=1S/C14H19NO3S/c1-3-14(13(17)18)5-7-15(8-6-14)12(16)11-10(2)4-9-19-11/h4,9H,3,5-8H2,1-2H3,(H,17,18). The lowest BCUT2D eigenvalue weighted by Gasteiger charge is -2.38. The first-order valence-corrected chi connectivity index (χ1v) is 7.45. The predicted molar refractivity (Wildman–Crippen MR) is 74.6 cm³/mol. The van der Waals surface area contributed by atoms with Gasteiger partial charge >= 0.3 is 5.97 Å². The number of piperidine rings is 1. The number of likely N-dealkylation sites (tertiary alicyclic amines) is 1. The molecule has 0 unspecified atom stereocenters. The highest BCUT2D eigenvalue weighted by Gasteiger charge is 2.41. The largest absolute Gasteiger partial charge is 0.481 e. The molecule has 1 aromatic heterocycles. The van der Waals surface area contributed by atoms with Crippen molar-refractivity contribution in [3.05, 3.63) is 21.9 Å². The molecule has 0 spiro atoms. The van der Waals surface area contributed by atoms with Gasteiger partial charge in [-0.1, -0.05) is 6.92 Å². The Morgan fingerprint density at radius 2 is 2.05 bits per heavy atom. The molecule has 1 N–H and O–H groups in total. The van der Waals surface area contributed by atoms with Gasteiger partial charge in [-0.05, 0) is 43.2 Å². The van der Waals surface area contributed by atoms with Gasteiger partial charge in [0.05, 0.1) is 10.3 Å². The maximum absolute atomic E-state index is 12.3. The fraction of sp³-hybridized carbons (Fsp3) is 0.571. The van der Waals surface area contributed by atoms with Crippen molar-refractivity contribution in [3.8, 4) is 0 Å². The number of carbonyl (C=O) groups excluding carboxylic acids is 1. The van der Waals surface area contributed by atoms with Gasteiger partial charge in [-0.3, -0.25) is 9.59 Å². The number of carboxylic acid groups (broad SMARTS) is 1. The second-order valence-electron chi connectivity index (χ2n) is 5.16. The van der Waals surface area contributed by atoms with E-state index in [0.717, 1.165) is 10.4 Å². The van der Waals surface area contributed by atoms with Crippen LogP contribution in [-0.4, -0.2) is 35.0 Å². The molecule has 5 heteroatoms. The van der Waals surface area contributed by atoms with Crippen LogP contribution >= 0.6 is 11.3 Å². The molecule has 0 saturated carbocycles. The number of hydrogen-bond donors (Lipinski definition) is 1. The summed E-state index contributed by atoms with van der Waals surface area (Å²) in [4.78, 5) is 26.3. The van der Waals surface area contributed by atoms with Gasteiger partial charge in [-0.15, -0.1) is 11.3 Å². The number of aryl methyl sites for hydroxylation is 1. The predicted octanol–water partition coefficient (Wildman–Crippen LogP) is 2.77. The van der Waals surface area contributed by atoms with E-state index >= 15 is 0 Å². The van der Waals surface area contributed by atoms with Crippen LogP contribution in [0.4, 0.5) is 0 Å². The van der Waals surface area contributed by atoms with E-state index in [4.69, 9.17) is 0 Å². The van der Waals surface area contributed by atoms with Crippen LogP contribution < -0.4 is 0 Å². The van der Waals surface area contributed by atoms with E-state index in [-0.39, 0.29) is 5.91 Å². The van der Waals surface area contributed by atoms with Crippen molar-refractivity contribution < 1.29 is 14.7 Å². The molecule has 1 fully saturated rings. The Morgan fingerprint density at radius 3 is 2.47 bits per heavy atom. The minimum absolute atomic E-state index is 0.0441. The lowest BCUT2D eigenvalue weighted by atomic mass is 9.76. The number of carboxylic acids is 1. The maximum Gasteiger partial charge on any atom is 0.309 e. The molecule has 1 aromatic rings. The number of hydrogen-bond acceptors (Lipinski definition) is 3. The summed E-state index contributed by atoms with van der Waals surface area (Å²) >= 11 is 1.46. The monoisotopic (exact) mass is 281 g/mol. The normalized spacial score (nSPS) is 18.3. The second kappa shape index (κ2) is 5.33. The van der Waals surface area contributed by atoms with Crippen LogP contribution in [0.3, 0.4) is 0 Å². The van der Waals surface area contributed by atoms with Gasteiger partial charge < -0.3 is 10.0 Å². The summed E-state index contributed by atoms with van der Waals surface area (Å²) in [5, 5.41) is 11.3. The maximum atomic E-state index is 12.3. The van der Waals surface area contributed by atoms with E-state index in [1.807, 2.05) is 25.3 Å². The molecule has 2 heterocycles. The summed E-state index contributed by atoms with van der Waals surface area (Å²) in [5.41, 5.74) is 0.363. The third-order valence-electron chi connectivity index (χ3n) is 4.19. The van der Waals surface area contributed by atoms with Gasteiger partial charge in [0.1, 0.15) is 0 Å². The molecule has 19 heavy (non-hydrogen) atoms. The number of nitrogens with zero attached hydrogens (tertiary/aromatic N) is 1. The molecule has 1 aliphatic rings. The lowest BCUT2D eigenvalue weighted by Crippen LogP contribution is -2.46. The van der Waals surface area contributed by atoms with E-state index in [1.165, 1.54) is 11.3 Å². The molecular formula is C14H19NO3S. The highest BCUT2D eigenvalue weighted by atomic mass is 32.1. The minimum atomic E-state index is -0.727. The number of amides is 1. The van der Waals surface area contributed by atoms with E-state index in [2.05, 4.69) is 0 Å². The van der Waals surface area contributed by atoms with Crippen molar-refractivity contribution >= 4 is 23.2 Å². The van der Waals surface area contributed by atoms with Crippen molar-refractivity contribution in [1.29, 1.82) is 0 Å². The highest BCUT2D eigenvalue weighted by molar-refractivity contribution is 7.12. The topological polar surface area (TPSA) is 57.6 Å². The van der Waals surface area contributed by atoms with E-state index in [9.17, 15) is 14.7 Å². The molecule has 1 saturated heterocycles. The summed E-state index contributed by atoms with van der Waals surface area (Å²) in [5.74, 6) is -0.683. The Hall–Kier alpha value is -1.36. The number of carbonyl (C=O) groups is 2. The first-order chi connectivity index (χ1) is 9.00. The van der Waals surface area contributed by atoms with Crippen LogP contribution in [0.15, 0.2) is 11.4 Å². The second-order valence-corrected chi connectivity index (χ2v) is 6.08. The number of aliphatic carboxylic acids is 1. The fourth-order valence-electron chi connectivity index (χ4n) is 2.59. The van der Waals surface area contributed by atoms with Crippen LogP contribution in [0.2, 0.25) is 0 Å². The van der Waals surface area contributed by atoms with Crippen molar-refractivity contribution in [2.45, 2.75) is 33.1 Å². The molecular weight excluding hydrogens is 262 g/mol. The van der Waals surface area contributed by atoms with Crippen LogP contribution in [0, 0.1) is 12.3 Å². The third kappa shape index (κ3) is 2.52. The van der Waals surface area contributed by atoms with Crippen LogP contribution in [-0.2, 0) is 4.79 Å². The summed E-state index contributed by atoms with van der Waals surface area (Å²) in [6.45, 7) is 4.92. The van der Waals surface area contributed by atoms with Gasteiger partial charge in [0.25, 0.3) is 5.91 Å². The van der Waals surface area contributed by atoms with Gasteiger partial charge in [-0.2, -0.15) is 0 Å². The van der Waals surface area contributed by atoms with Crippen LogP contribution in [0.5, 0.6) is 0 Å². The average molecular weight is 281 g/mol. The van der Waals surface area contributed by atoms with Gasteiger partial charge in [0.2, 0.25) is 0 Å². The fourth-order valence-corrected chi connectivity index (χ4v) is 3.48. The summed E-state index contributed by atoms with van der Waals surface area (Å²) < 4.78 is 0. The molecule has 0 atom stereocenters. The zero-order chi connectivity index (χ0) is 14.0. The smallest absolute Gasteiger partial charge is 0.309 e. The molecule has 0 radical (unpaired) electrons. The van der Waals surface area contributed by atoms with E-state index < -0.39 is 11.4 Å². The van der Waals surface area contributed by atoms with Crippen molar-refractivity contribution in [2.24, 2.45) is 5.41 Å². The Morgan fingerprint density at radius 1 is 1.42 bits per heavy atom. The minimum Gasteiger partial charge on any atom is -0.481 e. The highest BCUT2D eigenvalue weighted by Crippen LogP contribution is 2.35. The van der Waals surface area contributed by atoms with Crippen molar-refractivity contribution in [1.82, 2.24) is 4.90 Å². The van der Waals surface area contributed by atoms with Gasteiger partial charge in [0.15, 0.2) is 0 Å².